The highest BCUT2D eigenvalue weighted by molar-refractivity contribution is 6.09. The van der Waals surface area contributed by atoms with Gasteiger partial charge in [0.2, 0.25) is 5.91 Å². The predicted molar refractivity (Wildman–Crippen MR) is 117 cm³/mol. The van der Waals surface area contributed by atoms with Crippen molar-refractivity contribution < 1.29 is 18.8 Å². The fourth-order valence-electron chi connectivity index (χ4n) is 4.21. The highest BCUT2D eigenvalue weighted by Crippen LogP contribution is 2.29. The molecular formula is C24H27FN4O3. The van der Waals surface area contributed by atoms with Gasteiger partial charge in [0.1, 0.15) is 17.9 Å². The van der Waals surface area contributed by atoms with E-state index in [0.29, 0.717) is 18.7 Å². The lowest BCUT2D eigenvalue weighted by Crippen LogP contribution is -2.52. The molecule has 7 nitrogen and oxygen atoms in total. The van der Waals surface area contributed by atoms with E-state index in [0.717, 1.165) is 31.0 Å². The summed E-state index contributed by atoms with van der Waals surface area (Å²) in [7, 11) is 0. The first-order valence-electron chi connectivity index (χ1n) is 10.8. The third-order valence-electron chi connectivity index (χ3n) is 6.27. The van der Waals surface area contributed by atoms with Crippen molar-refractivity contribution in [3.8, 4) is 0 Å². The summed E-state index contributed by atoms with van der Waals surface area (Å²) in [5.41, 5.74) is 0.439. The molecule has 1 N–H and O–H groups in total. The second-order valence-electron chi connectivity index (χ2n) is 8.41. The summed E-state index contributed by atoms with van der Waals surface area (Å²) in [4.78, 5) is 43.2. The van der Waals surface area contributed by atoms with Crippen molar-refractivity contribution >= 4 is 17.8 Å². The maximum Gasteiger partial charge on any atom is 0.325 e. The van der Waals surface area contributed by atoms with Crippen molar-refractivity contribution in [1.82, 2.24) is 20.0 Å². The van der Waals surface area contributed by atoms with Crippen LogP contribution in [0.15, 0.2) is 54.6 Å². The fourth-order valence-corrected chi connectivity index (χ4v) is 4.21. The molecule has 2 heterocycles. The lowest BCUT2D eigenvalue weighted by atomic mass is 9.92. The molecule has 0 spiro atoms. The topological polar surface area (TPSA) is 73.0 Å². The van der Waals surface area contributed by atoms with E-state index in [1.165, 1.54) is 29.8 Å². The number of hydrogen-bond donors (Lipinski definition) is 1. The Morgan fingerprint density at radius 3 is 2.31 bits per heavy atom. The van der Waals surface area contributed by atoms with Gasteiger partial charge in [-0.05, 0) is 36.6 Å². The molecule has 168 valence electrons. The Balaban J connectivity index is 1.31. The SMILES string of the molecule is CC1(c2ccc(F)cc2)NC(=O)N(CC(=O)N2CCN(CCc3ccccc3)CC2)C1=O. The van der Waals surface area contributed by atoms with Crippen LogP contribution < -0.4 is 5.32 Å². The summed E-state index contributed by atoms with van der Waals surface area (Å²) in [6, 6.07) is 15.1. The van der Waals surface area contributed by atoms with E-state index in [1.54, 1.807) is 11.8 Å². The highest BCUT2D eigenvalue weighted by atomic mass is 19.1. The normalized spacial score (nSPS) is 21.7. The van der Waals surface area contributed by atoms with E-state index in [-0.39, 0.29) is 12.5 Å². The Hall–Kier alpha value is -3.26. The van der Waals surface area contributed by atoms with E-state index >= 15 is 0 Å². The van der Waals surface area contributed by atoms with Gasteiger partial charge in [-0.2, -0.15) is 0 Å². The van der Waals surface area contributed by atoms with Gasteiger partial charge < -0.3 is 10.2 Å². The minimum atomic E-state index is -1.32. The van der Waals surface area contributed by atoms with Crippen LogP contribution in [-0.4, -0.2) is 71.8 Å². The molecule has 2 fully saturated rings. The smallest absolute Gasteiger partial charge is 0.325 e. The zero-order valence-electron chi connectivity index (χ0n) is 18.1. The summed E-state index contributed by atoms with van der Waals surface area (Å²) in [5.74, 6) is -1.19. The number of nitrogens with zero attached hydrogens (tertiary/aromatic N) is 3. The molecular weight excluding hydrogens is 411 g/mol. The molecule has 2 aromatic carbocycles. The third-order valence-corrected chi connectivity index (χ3v) is 6.27. The summed E-state index contributed by atoms with van der Waals surface area (Å²) < 4.78 is 13.3. The lowest BCUT2D eigenvalue weighted by Gasteiger charge is -2.35. The Morgan fingerprint density at radius 2 is 1.66 bits per heavy atom. The number of amides is 4. The molecule has 4 amide bonds. The first-order chi connectivity index (χ1) is 15.4. The van der Waals surface area contributed by atoms with Crippen molar-refractivity contribution in [3.63, 3.8) is 0 Å². The number of carbonyl (C=O) groups is 3. The van der Waals surface area contributed by atoms with E-state index in [4.69, 9.17) is 0 Å². The zero-order chi connectivity index (χ0) is 22.7. The number of hydrogen-bond acceptors (Lipinski definition) is 4. The van der Waals surface area contributed by atoms with E-state index < -0.39 is 23.3 Å². The van der Waals surface area contributed by atoms with Crippen LogP contribution in [0.3, 0.4) is 0 Å². The monoisotopic (exact) mass is 438 g/mol. The Bertz CT molecular complexity index is 990. The van der Waals surface area contributed by atoms with E-state index in [2.05, 4.69) is 22.3 Å². The van der Waals surface area contributed by atoms with Gasteiger partial charge in [-0.25, -0.2) is 9.18 Å². The second kappa shape index (κ2) is 9.08. The van der Waals surface area contributed by atoms with Gasteiger partial charge in [-0.3, -0.25) is 19.4 Å². The summed E-state index contributed by atoms with van der Waals surface area (Å²) in [5, 5.41) is 2.65. The minimum Gasteiger partial charge on any atom is -0.339 e. The Labute approximate surface area is 186 Å². The summed E-state index contributed by atoms with van der Waals surface area (Å²) in [6.07, 6.45) is 0.958. The van der Waals surface area contributed by atoms with Crippen molar-refractivity contribution in [2.75, 3.05) is 39.3 Å². The van der Waals surface area contributed by atoms with Crippen molar-refractivity contribution in [1.29, 1.82) is 0 Å². The van der Waals surface area contributed by atoms with Crippen LogP contribution in [0.4, 0.5) is 9.18 Å². The number of imide groups is 1. The fraction of sp³-hybridized carbons (Fsp3) is 0.375. The number of rotatable bonds is 6. The van der Waals surface area contributed by atoms with Crippen LogP contribution >= 0.6 is 0 Å². The highest BCUT2D eigenvalue weighted by Gasteiger charge is 2.49. The van der Waals surface area contributed by atoms with Crippen LogP contribution in [0.2, 0.25) is 0 Å². The average molecular weight is 439 g/mol. The molecule has 2 aliphatic heterocycles. The molecule has 0 aliphatic carbocycles. The number of nitrogens with one attached hydrogen (secondary N) is 1. The van der Waals surface area contributed by atoms with Crippen LogP contribution in [-0.2, 0) is 21.5 Å². The average Bonchev–Trinajstić information content (AvgIpc) is 3.03. The predicted octanol–water partition coefficient (Wildman–Crippen LogP) is 1.98. The number of benzene rings is 2. The largest absolute Gasteiger partial charge is 0.339 e. The molecule has 0 bridgehead atoms. The van der Waals surface area contributed by atoms with Crippen molar-refractivity contribution in [2.45, 2.75) is 18.9 Å². The van der Waals surface area contributed by atoms with Crippen LogP contribution in [0, 0.1) is 5.82 Å². The first-order valence-corrected chi connectivity index (χ1v) is 10.8. The van der Waals surface area contributed by atoms with Gasteiger partial charge in [-0.1, -0.05) is 42.5 Å². The Kier molecular flexibility index (Phi) is 6.23. The Morgan fingerprint density at radius 1 is 1.00 bits per heavy atom. The standard InChI is InChI=1S/C24H27FN4O3/c1-24(19-7-9-20(25)10-8-19)22(31)29(23(32)26-24)17-21(30)28-15-13-27(14-16-28)12-11-18-5-3-2-4-6-18/h2-10H,11-17H2,1H3,(H,26,32). The molecule has 2 saturated heterocycles. The summed E-state index contributed by atoms with van der Waals surface area (Å²) in [6.45, 7) is 4.83. The summed E-state index contributed by atoms with van der Waals surface area (Å²) >= 11 is 0. The minimum absolute atomic E-state index is 0.250. The number of piperazine rings is 1. The number of urea groups is 1. The van der Waals surface area contributed by atoms with Gasteiger partial charge in [0, 0.05) is 32.7 Å². The molecule has 2 aliphatic rings. The molecule has 0 radical (unpaired) electrons. The molecule has 8 heteroatoms. The van der Waals surface area contributed by atoms with Crippen LogP contribution in [0.5, 0.6) is 0 Å². The zero-order valence-corrected chi connectivity index (χ0v) is 18.1. The van der Waals surface area contributed by atoms with Gasteiger partial charge in [-0.15, -0.1) is 0 Å². The lowest BCUT2D eigenvalue weighted by molar-refractivity contribution is -0.139. The van der Waals surface area contributed by atoms with Gasteiger partial charge in [0.05, 0.1) is 0 Å². The van der Waals surface area contributed by atoms with Gasteiger partial charge in [0.15, 0.2) is 0 Å². The van der Waals surface area contributed by atoms with Crippen molar-refractivity contribution in [2.24, 2.45) is 0 Å². The third kappa shape index (κ3) is 4.50. The molecule has 1 atom stereocenters. The molecule has 32 heavy (non-hydrogen) atoms. The van der Waals surface area contributed by atoms with E-state index in [1.807, 2.05) is 18.2 Å². The molecule has 2 aromatic rings. The first kappa shape index (κ1) is 22.0. The molecule has 0 saturated carbocycles. The van der Waals surface area contributed by atoms with Crippen molar-refractivity contribution in [3.05, 3.63) is 71.5 Å². The maximum absolute atomic E-state index is 13.3. The van der Waals surface area contributed by atoms with Crippen LogP contribution in [0.1, 0.15) is 18.1 Å². The molecule has 1 unspecified atom stereocenters. The van der Waals surface area contributed by atoms with Gasteiger partial charge >= 0.3 is 6.03 Å². The second-order valence-corrected chi connectivity index (χ2v) is 8.41. The van der Waals surface area contributed by atoms with Gasteiger partial charge in [0.25, 0.3) is 5.91 Å². The van der Waals surface area contributed by atoms with E-state index in [9.17, 15) is 18.8 Å². The molecule has 4 rings (SSSR count). The quantitative estimate of drug-likeness (QED) is 0.700. The maximum atomic E-state index is 13.3. The number of halogens is 1. The van der Waals surface area contributed by atoms with Crippen LogP contribution in [0.25, 0.3) is 0 Å². The number of carbonyl (C=O) groups excluding carboxylic acids is 3. The molecule has 0 aromatic heterocycles.